The summed E-state index contributed by atoms with van der Waals surface area (Å²) < 4.78 is 49.3. The van der Waals surface area contributed by atoms with Crippen LogP contribution in [0.25, 0.3) is 11.1 Å². The first-order valence-corrected chi connectivity index (χ1v) is 22.6. The monoisotopic (exact) mass is 1010 g/mol. The molecule has 4 aromatic rings. The van der Waals surface area contributed by atoms with Crippen molar-refractivity contribution in [3.05, 3.63) is 118 Å². The molecule has 2 aliphatic rings. The quantitative estimate of drug-likeness (QED) is 0.0370. The lowest BCUT2D eigenvalue weighted by Gasteiger charge is -2.43. The number of fused-ring (bicyclic) bond motifs is 3. The minimum Gasteiger partial charge on any atom is -0.467 e. The van der Waals surface area contributed by atoms with Crippen LogP contribution >= 0.6 is 0 Å². The van der Waals surface area contributed by atoms with Crippen LogP contribution in [-0.4, -0.2) is 109 Å². The van der Waals surface area contributed by atoms with Crippen LogP contribution in [0.5, 0.6) is 11.5 Å². The standard InChI is InChI=1S/C50H52N4O19/c1-25(2)40(53-49(61)66-24-37-35-14-10-8-12-33(35)34-13-9-11-15-36(34)37)46(59)51-26(3)45(58)52-38-21-16-30(23-67-50(62)71-32-19-17-31(18-20-32)54(63)64)22-39(38)72-48-44(70-29(6)57)42(69-28(5)56)41(68-27(4)55)43(73-48)47(60)65-7/h8-22,25-26,37,40-44,48H,23-24H2,1-7H3,(H,51,59)(H,52,58)(H,53,61)/t26-,40-,41-,42-,43-,44+,48?/m0/s1. The van der Waals surface area contributed by atoms with E-state index in [1.807, 2.05) is 48.5 Å². The van der Waals surface area contributed by atoms with Crippen LogP contribution in [0, 0.1) is 16.0 Å². The van der Waals surface area contributed by atoms with E-state index in [2.05, 4.69) is 16.0 Å². The molecule has 23 nitrogen and oxygen atoms in total. The third-order valence-electron chi connectivity index (χ3n) is 11.3. The van der Waals surface area contributed by atoms with E-state index in [9.17, 15) is 48.5 Å². The molecule has 23 heteroatoms. The van der Waals surface area contributed by atoms with Crippen molar-refractivity contribution in [2.24, 2.45) is 5.92 Å². The molecule has 0 saturated carbocycles. The number of alkyl carbamates (subject to hydrolysis) is 1. The molecule has 0 spiro atoms. The third kappa shape index (κ3) is 13.6. The molecule has 1 heterocycles. The summed E-state index contributed by atoms with van der Waals surface area (Å²) in [4.78, 5) is 114. The average molecular weight is 1010 g/mol. The average Bonchev–Trinajstić information content (AvgIpc) is 3.66. The second-order valence-electron chi connectivity index (χ2n) is 16.9. The summed E-state index contributed by atoms with van der Waals surface area (Å²) in [5.74, 6) is -6.67. The number of hydrogen-bond acceptors (Lipinski definition) is 19. The largest absolute Gasteiger partial charge is 0.514 e. The summed E-state index contributed by atoms with van der Waals surface area (Å²) >= 11 is 0. The van der Waals surface area contributed by atoms with Gasteiger partial charge in [-0.1, -0.05) is 68.4 Å². The lowest BCUT2D eigenvalue weighted by Crippen LogP contribution is -2.64. The molecule has 0 bridgehead atoms. The Morgan fingerprint density at radius 2 is 1.30 bits per heavy atom. The first-order chi connectivity index (χ1) is 34.7. The van der Waals surface area contributed by atoms with Crippen molar-refractivity contribution in [2.45, 2.75) is 96.9 Å². The zero-order chi connectivity index (χ0) is 53.1. The number of amides is 3. The fourth-order valence-corrected chi connectivity index (χ4v) is 7.97. The molecular weight excluding hydrogens is 961 g/mol. The molecule has 4 aromatic carbocycles. The van der Waals surface area contributed by atoms with E-state index in [0.717, 1.165) is 62.3 Å². The van der Waals surface area contributed by atoms with Gasteiger partial charge < -0.3 is 58.6 Å². The first-order valence-electron chi connectivity index (χ1n) is 22.6. The molecular formula is C50H52N4O19. The van der Waals surface area contributed by atoms with Crippen LogP contribution in [0.1, 0.15) is 64.2 Å². The number of methoxy groups -OCH3 is 1. The molecule has 0 aromatic heterocycles. The van der Waals surface area contributed by atoms with Crippen molar-refractivity contribution in [1.82, 2.24) is 10.6 Å². The SMILES string of the molecule is COC(=O)[C@H]1OC(Oc2cc(COC(=O)Oc3ccc([N+](=O)[O-])cc3)ccc2NC(=O)[C@H](C)NC(=O)[C@@H](NC(=O)OCC2c3ccccc3-c3ccccc32)C(C)C)[C@H](OC(C)=O)[C@@H](OC(C)=O)[C@@H]1OC(C)=O. The maximum absolute atomic E-state index is 13.9. The molecule has 1 saturated heterocycles. The smallest absolute Gasteiger partial charge is 0.467 e. The number of nitrogens with zero attached hydrogens (tertiary/aromatic N) is 1. The molecule has 0 radical (unpaired) electrons. The van der Waals surface area contributed by atoms with Crippen LogP contribution in [0.2, 0.25) is 0 Å². The zero-order valence-electron chi connectivity index (χ0n) is 40.5. The van der Waals surface area contributed by atoms with Gasteiger partial charge in [-0.3, -0.25) is 34.1 Å². The maximum atomic E-state index is 13.9. The summed E-state index contributed by atoms with van der Waals surface area (Å²) in [7, 11) is 0.996. The Balaban J connectivity index is 1.21. The maximum Gasteiger partial charge on any atom is 0.514 e. The van der Waals surface area contributed by atoms with Gasteiger partial charge in [0, 0.05) is 38.8 Å². The van der Waals surface area contributed by atoms with Gasteiger partial charge in [0.25, 0.3) is 5.69 Å². The third-order valence-corrected chi connectivity index (χ3v) is 11.3. The van der Waals surface area contributed by atoms with E-state index in [4.69, 9.17) is 42.6 Å². The summed E-state index contributed by atoms with van der Waals surface area (Å²) in [5, 5.41) is 18.9. The van der Waals surface area contributed by atoms with Gasteiger partial charge in [-0.25, -0.2) is 14.4 Å². The molecule has 7 atom stereocenters. The summed E-state index contributed by atoms with van der Waals surface area (Å²) in [6.07, 6.45) is -11.1. The van der Waals surface area contributed by atoms with Crippen molar-refractivity contribution >= 4 is 59.3 Å². The topological polar surface area (TPSA) is 299 Å². The van der Waals surface area contributed by atoms with E-state index in [0.29, 0.717) is 0 Å². The summed E-state index contributed by atoms with van der Waals surface area (Å²) in [6, 6.07) is 21.6. The van der Waals surface area contributed by atoms with Crippen molar-refractivity contribution in [3.8, 4) is 22.6 Å². The second kappa shape index (κ2) is 24.0. The molecule has 3 N–H and O–H groups in total. The number of ether oxygens (including phenoxy) is 9. The number of nitro groups is 1. The normalized spacial score (nSPS) is 18.5. The van der Waals surface area contributed by atoms with Crippen molar-refractivity contribution in [2.75, 3.05) is 19.0 Å². The highest BCUT2D eigenvalue weighted by atomic mass is 16.7. The van der Waals surface area contributed by atoms with Gasteiger partial charge in [0.1, 0.15) is 36.8 Å². The highest BCUT2D eigenvalue weighted by molar-refractivity contribution is 5.99. The Hall–Kier alpha value is -8.60. The Bertz CT molecular complexity index is 2700. The van der Waals surface area contributed by atoms with Crippen molar-refractivity contribution in [1.29, 1.82) is 0 Å². The van der Waals surface area contributed by atoms with E-state index >= 15 is 0 Å². The summed E-state index contributed by atoms with van der Waals surface area (Å²) in [5.41, 5.74) is 3.81. The number of nitrogens with one attached hydrogen (secondary N) is 3. The Morgan fingerprint density at radius 1 is 0.712 bits per heavy atom. The fraction of sp³-hybridized carbons (Fsp3) is 0.360. The molecule has 73 heavy (non-hydrogen) atoms. The molecule has 3 amide bonds. The number of esters is 4. The molecule has 1 aliphatic heterocycles. The number of benzene rings is 4. The van der Waals surface area contributed by atoms with Gasteiger partial charge >= 0.3 is 36.1 Å². The van der Waals surface area contributed by atoms with E-state index in [-0.39, 0.29) is 41.0 Å². The number of anilines is 1. The lowest BCUT2D eigenvalue weighted by molar-refractivity contribution is -0.384. The van der Waals surface area contributed by atoms with Crippen LogP contribution in [0.15, 0.2) is 91.0 Å². The van der Waals surface area contributed by atoms with Gasteiger partial charge in [0.15, 0.2) is 18.3 Å². The number of nitro benzene ring substituents is 1. The van der Waals surface area contributed by atoms with Gasteiger partial charge in [-0.05, 0) is 64.9 Å². The van der Waals surface area contributed by atoms with Gasteiger partial charge in [-0.2, -0.15) is 0 Å². The van der Waals surface area contributed by atoms with Gasteiger partial charge in [0.2, 0.25) is 24.2 Å². The number of hydrogen-bond donors (Lipinski definition) is 3. The Labute approximate surface area is 417 Å². The number of rotatable bonds is 18. The first kappa shape index (κ1) is 53.7. The van der Waals surface area contributed by atoms with E-state index in [1.54, 1.807) is 13.8 Å². The van der Waals surface area contributed by atoms with Crippen LogP contribution < -0.4 is 25.4 Å². The molecule has 1 unspecified atom stereocenters. The lowest BCUT2D eigenvalue weighted by atomic mass is 9.97. The number of carbonyl (C=O) groups is 8. The highest BCUT2D eigenvalue weighted by Crippen LogP contribution is 2.44. The molecule has 1 fully saturated rings. The summed E-state index contributed by atoms with van der Waals surface area (Å²) in [6.45, 7) is 7.19. The van der Waals surface area contributed by atoms with Crippen LogP contribution in [0.3, 0.4) is 0 Å². The number of non-ortho nitro benzene ring substituents is 1. The highest BCUT2D eigenvalue weighted by Gasteiger charge is 2.56. The molecule has 1 aliphatic carbocycles. The fourth-order valence-electron chi connectivity index (χ4n) is 7.97. The van der Waals surface area contributed by atoms with Gasteiger partial charge in [0.05, 0.1) is 17.7 Å². The predicted molar refractivity (Wildman–Crippen MR) is 251 cm³/mol. The van der Waals surface area contributed by atoms with E-state index in [1.165, 1.54) is 37.3 Å². The second-order valence-corrected chi connectivity index (χ2v) is 16.9. The molecule has 6 rings (SSSR count). The Morgan fingerprint density at radius 3 is 1.88 bits per heavy atom. The minimum absolute atomic E-state index is 0.0132. The van der Waals surface area contributed by atoms with Crippen LogP contribution in [-0.2, 0) is 68.5 Å². The minimum atomic E-state index is -1.91. The predicted octanol–water partition coefficient (Wildman–Crippen LogP) is 5.39. The van der Waals surface area contributed by atoms with Gasteiger partial charge in [-0.15, -0.1) is 0 Å². The van der Waals surface area contributed by atoms with Crippen molar-refractivity contribution in [3.63, 3.8) is 0 Å². The molecule has 386 valence electrons. The van der Waals surface area contributed by atoms with Crippen molar-refractivity contribution < 1.29 is 85.9 Å². The van der Waals surface area contributed by atoms with Crippen LogP contribution in [0.4, 0.5) is 21.0 Å². The Kier molecular flexibility index (Phi) is 17.7. The van der Waals surface area contributed by atoms with E-state index < -0.39 is 108 Å². The number of carbonyl (C=O) groups excluding carboxylic acids is 8. The zero-order valence-corrected chi connectivity index (χ0v) is 40.5.